The highest BCUT2D eigenvalue weighted by atomic mass is 32.2. The SMILES string of the molecule is CCOc1ccccc1/C=C1/SC(N2CCN(c3ccccc3C)CC2)=NC1=O. The molecular weight excluding hydrogens is 382 g/mol. The molecule has 0 spiro atoms. The van der Waals surface area contributed by atoms with Gasteiger partial charge in [-0.2, -0.15) is 4.99 Å². The maximum absolute atomic E-state index is 12.5. The number of piperazine rings is 1. The third kappa shape index (κ3) is 4.32. The van der Waals surface area contributed by atoms with Crippen molar-refractivity contribution in [2.24, 2.45) is 4.99 Å². The van der Waals surface area contributed by atoms with Gasteiger partial charge in [0.05, 0.1) is 11.5 Å². The van der Waals surface area contributed by atoms with Gasteiger partial charge in [-0.3, -0.25) is 4.79 Å². The topological polar surface area (TPSA) is 45.1 Å². The van der Waals surface area contributed by atoms with E-state index >= 15 is 0 Å². The lowest BCUT2D eigenvalue weighted by molar-refractivity contribution is -0.113. The van der Waals surface area contributed by atoms with Gasteiger partial charge in [-0.25, -0.2) is 0 Å². The van der Waals surface area contributed by atoms with Crippen LogP contribution in [-0.4, -0.2) is 48.8 Å². The lowest BCUT2D eigenvalue weighted by atomic mass is 10.1. The van der Waals surface area contributed by atoms with Gasteiger partial charge in [0.2, 0.25) is 0 Å². The average molecular weight is 408 g/mol. The number of anilines is 1. The van der Waals surface area contributed by atoms with Crippen LogP contribution in [0.15, 0.2) is 58.4 Å². The van der Waals surface area contributed by atoms with Gasteiger partial charge in [-0.05, 0) is 49.4 Å². The van der Waals surface area contributed by atoms with Gasteiger partial charge in [0.25, 0.3) is 5.91 Å². The Morgan fingerprint density at radius 1 is 1.03 bits per heavy atom. The monoisotopic (exact) mass is 407 g/mol. The molecule has 1 fully saturated rings. The van der Waals surface area contributed by atoms with E-state index in [1.165, 1.54) is 23.0 Å². The van der Waals surface area contributed by atoms with Crippen molar-refractivity contribution in [2.45, 2.75) is 13.8 Å². The maximum Gasteiger partial charge on any atom is 0.286 e. The molecule has 2 aliphatic rings. The predicted octanol–water partition coefficient (Wildman–Crippen LogP) is 4.19. The largest absolute Gasteiger partial charge is 0.493 e. The van der Waals surface area contributed by atoms with Gasteiger partial charge in [-0.15, -0.1) is 0 Å². The van der Waals surface area contributed by atoms with E-state index in [1.807, 2.05) is 37.3 Å². The highest BCUT2D eigenvalue weighted by Gasteiger charge is 2.29. The van der Waals surface area contributed by atoms with Crippen molar-refractivity contribution in [1.82, 2.24) is 4.90 Å². The quantitative estimate of drug-likeness (QED) is 0.712. The fraction of sp³-hybridized carbons (Fsp3) is 0.304. The van der Waals surface area contributed by atoms with E-state index in [1.54, 1.807) is 0 Å². The molecule has 0 unspecified atom stereocenters. The number of ether oxygens (including phenoxy) is 1. The minimum Gasteiger partial charge on any atom is -0.493 e. The number of amidine groups is 1. The third-order valence-corrected chi connectivity index (χ3v) is 6.17. The normalized spacial score (nSPS) is 18.3. The summed E-state index contributed by atoms with van der Waals surface area (Å²) in [7, 11) is 0. The van der Waals surface area contributed by atoms with Crippen molar-refractivity contribution < 1.29 is 9.53 Å². The molecule has 1 saturated heterocycles. The van der Waals surface area contributed by atoms with E-state index < -0.39 is 0 Å². The number of para-hydroxylation sites is 2. The van der Waals surface area contributed by atoms with Crippen molar-refractivity contribution >= 4 is 34.6 Å². The summed E-state index contributed by atoms with van der Waals surface area (Å²) in [6.45, 7) is 8.25. The molecule has 150 valence electrons. The number of aliphatic imine (C=N–C) groups is 1. The molecule has 0 atom stereocenters. The summed E-state index contributed by atoms with van der Waals surface area (Å²) in [6, 6.07) is 16.3. The molecule has 2 aliphatic heterocycles. The average Bonchev–Trinajstić information content (AvgIpc) is 3.10. The highest BCUT2D eigenvalue weighted by molar-refractivity contribution is 8.18. The van der Waals surface area contributed by atoms with Crippen LogP contribution in [0.4, 0.5) is 5.69 Å². The number of amides is 1. The van der Waals surface area contributed by atoms with Crippen LogP contribution in [0.25, 0.3) is 6.08 Å². The van der Waals surface area contributed by atoms with Crippen molar-refractivity contribution in [2.75, 3.05) is 37.7 Å². The fourth-order valence-corrected chi connectivity index (χ4v) is 4.57. The van der Waals surface area contributed by atoms with Gasteiger partial charge < -0.3 is 14.5 Å². The predicted molar refractivity (Wildman–Crippen MR) is 121 cm³/mol. The van der Waals surface area contributed by atoms with Crippen LogP contribution in [0.3, 0.4) is 0 Å². The lowest BCUT2D eigenvalue weighted by Gasteiger charge is -2.37. The molecule has 4 rings (SSSR count). The molecule has 1 amide bonds. The molecule has 2 aromatic rings. The van der Waals surface area contributed by atoms with Crippen molar-refractivity contribution in [3.05, 3.63) is 64.6 Å². The van der Waals surface area contributed by atoms with Crippen LogP contribution < -0.4 is 9.64 Å². The summed E-state index contributed by atoms with van der Waals surface area (Å²) in [5.74, 6) is 0.619. The zero-order chi connectivity index (χ0) is 20.2. The number of hydrogen-bond donors (Lipinski definition) is 0. The summed E-state index contributed by atoms with van der Waals surface area (Å²) in [4.78, 5) is 22.1. The summed E-state index contributed by atoms with van der Waals surface area (Å²) < 4.78 is 5.67. The first-order chi connectivity index (χ1) is 14.2. The first-order valence-corrected chi connectivity index (χ1v) is 10.8. The summed E-state index contributed by atoms with van der Waals surface area (Å²) >= 11 is 1.46. The molecule has 2 aromatic carbocycles. The van der Waals surface area contributed by atoms with Crippen molar-refractivity contribution in [3.63, 3.8) is 0 Å². The van der Waals surface area contributed by atoms with Gasteiger partial charge >= 0.3 is 0 Å². The number of hydrogen-bond acceptors (Lipinski definition) is 5. The van der Waals surface area contributed by atoms with E-state index in [-0.39, 0.29) is 5.91 Å². The number of aryl methyl sites for hydroxylation is 1. The van der Waals surface area contributed by atoms with Gasteiger partial charge in [0.1, 0.15) is 5.75 Å². The zero-order valence-corrected chi connectivity index (χ0v) is 17.6. The highest BCUT2D eigenvalue weighted by Crippen LogP contribution is 2.33. The van der Waals surface area contributed by atoms with E-state index in [2.05, 4.69) is 46.0 Å². The van der Waals surface area contributed by atoms with Crippen LogP contribution in [0.2, 0.25) is 0 Å². The van der Waals surface area contributed by atoms with Crippen LogP contribution in [-0.2, 0) is 4.79 Å². The van der Waals surface area contributed by atoms with Gasteiger partial charge in [0, 0.05) is 37.4 Å². The summed E-state index contributed by atoms with van der Waals surface area (Å²) in [5, 5.41) is 0.805. The molecule has 2 heterocycles. The van der Waals surface area contributed by atoms with E-state index in [4.69, 9.17) is 4.74 Å². The lowest BCUT2D eigenvalue weighted by Crippen LogP contribution is -2.48. The standard InChI is InChI=1S/C23H25N3O2S/c1-3-28-20-11-7-5-9-18(20)16-21-22(27)24-23(29-21)26-14-12-25(13-15-26)19-10-6-4-8-17(19)2/h4-11,16H,3,12-15H2,1-2H3/b21-16+. The van der Waals surface area contributed by atoms with Crippen LogP contribution >= 0.6 is 11.8 Å². The first kappa shape index (κ1) is 19.6. The molecule has 0 saturated carbocycles. The zero-order valence-electron chi connectivity index (χ0n) is 16.8. The number of carbonyl (C=O) groups is 1. The van der Waals surface area contributed by atoms with Gasteiger partial charge in [0.15, 0.2) is 5.17 Å². The summed E-state index contributed by atoms with van der Waals surface area (Å²) in [6.07, 6.45) is 1.89. The second-order valence-electron chi connectivity index (χ2n) is 7.04. The number of thioether (sulfide) groups is 1. The van der Waals surface area contributed by atoms with Crippen LogP contribution in [0, 0.1) is 6.92 Å². The fourth-order valence-electron chi connectivity index (χ4n) is 3.62. The molecule has 29 heavy (non-hydrogen) atoms. The minimum absolute atomic E-state index is 0.169. The van der Waals surface area contributed by atoms with E-state index in [0.29, 0.717) is 11.5 Å². The Bertz CT molecular complexity index is 962. The number of nitrogens with zero attached hydrogens (tertiary/aromatic N) is 3. The minimum atomic E-state index is -0.169. The Labute approximate surface area is 176 Å². The van der Waals surface area contributed by atoms with Gasteiger partial charge in [-0.1, -0.05) is 36.4 Å². The Morgan fingerprint density at radius 3 is 2.48 bits per heavy atom. The number of rotatable bonds is 4. The van der Waals surface area contributed by atoms with Crippen molar-refractivity contribution in [1.29, 1.82) is 0 Å². The maximum atomic E-state index is 12.5. The molecule has 0 aromatic heterocycles. The second-order valence-corrected chi connectivity index (χ2v) is 8.05. The second kappa shape index (κ2) is 8.74. The van der Waals surface area contributed by atoms with E-state index in [9.17, 15) is 4.79 Å². The molecule has 5 nitrogen and oxygen atoms in total. The molecule has 6 heteroatoms. The Balaban J connectivity index is 1.43. The third-order valence-electron chi connectivity index (χ3n) is 5.12. The van der Waals surface area contributed by atoms with Crippen molar-refractivity contribution in [3.8, 4) is 5.75 Å². The summed E-state index contributed by atoms with van der Waals surface area (Å²) in [5.41, 5.74) is 3.49. The smallest absolute Gasteiger partial charge is 0.286 e. The van der Waals surface area contributed by atoms with Crippen LogP contribution in [0.5, 0.6) is 5.75 Å². The number of carbonyl (C=O) groups excluding carboxylic acids is 1. The molecule has 0 bridgehead atoms. The molecule has 0 N–H and O–H groups in total. The van der Waals surface area contributed by atoms with Crippen LogP contribution in [0.1, 0.15) is 18.1 Å². The first-order valence-electron chi connectivity index (χ1n) is 9.95. The Morgan fingerprint density at radius 2 is 1.72 bits per heavy atom. The van der Waals surface area contributed by atoms with E-state index in [0.717, 1.165) is 42.7 Å². The Kier molecular flexibility index (Phi) is 5.90. The molecular formula is C23H25N3O2S. The molecule has 0 radical (unpaired) electrons. The number of benzene rings is 2. The molecule has 0 aliphatic carbocycles. The Hall–Kier alpha value is -2.73.